The smallest absolute Gasteiger partial charge is 0.0818 e. The van der Waals surface area contributed by atoms with E-state index in [1.54, 1.807) is 0 Å². The highest BCUT2D eigenvalue weighted by atomic mass is 79.9. The highest BCUT2D eigenvalue weighted by Gasteiger charge is 2.21. The first-order valence-electron chi connectivity index (χ1n) is 6.21. The van der Waals surface area contributed by atoms with E-state index < -0.39 is 0 Å². The van der Waals surface area contributed by atoms with Gasteiger partial charge in [0, 0.05) is 4.47 Å². The van der Waals surface area contributed by atoms with Crippen molar-refractivity contribution in [3.63, 3.8) is 0 Å². The molecule has 1 aliphatic carbocycles. The van der Waals surface area contributed by atoms with Crippen LogP contribution in [0, 0.1) is 5.92 Å². The van der Waals surface area contributed by atoms with Crippen LogP contribution in [-0.2, 0) is 0 Å². The van der Waals surface area contributed by atoms with Crippen LogP contribution in [0.25, 0.3) is 0 Å². The van der Waals surface area contributed by atoms with Crippen LogP contribution >= 0.6 is 15.9 Å². The molecule has 88 valence electrons. The fraction of sp³-hybridized carbons (Fsp3) is 0.571. The molecular formula is C14H19BrO. The SMILES string of the molecule is O[C@H](c1cccc(Br)c1)C1CCCCCC1. The van der Waals surface area contributed by atoms with Gasteiger partial charge in [0.15, 0.2) is 0 Å². The maximum atomic E-state index is 10.4. The summed E-state index contributed by atoms with van der Waals surface area (Å²) in [5, 5.41) is 10.4. The Bertz CT molecular complexity index is 329. The molecule has 16 heavy (non-hydrogen) atoms. The molecule has 2 rings (SSSR count). The van der Waals surface area contributed by atoms with Gasteiger partial charge in [0.25, 0.3) is 0 Å². The minimum atomic E-state index is -0.282. The highest BCUT2D eigenvalue weighted by molar-refractivity contribution is 9.10. The number of aliphatic hydroxyl groups excluding tert-OH is 1. The molecule has 0 aromatic heterocycles. The summed E-state index contributed by atoms with van der Waals surface area (Å²) in [6.07, 6.45) is 7.28. The summed E-state index contributed by atoms with van der Waals surface area (Å²) in [4.78, 5) is 0. The lowest BCUT2D eigenvalue weighted by Gasteiger charge is -2.21. The van der Waals surface area contributed by atoms with Crippen LogP contribution in [0.1, 0.15) is 50.2 Å². The van der Waals surface area contributed by atoms with Gasteiger partial charge in [0.1, 0.15) is 0 Å². The van der Waals surface area contributed by atoms with Crippen molar-refractivity contribution in [1.82, 2.24) is 0 Å². The minimum Gasteiger partial charge on any atom is -0.388 e. The standard InChI is InChI=1S/C14H19BrO/c15-13-9-5-8-12(10-13)14(16)11-6-3-1-2-4-7-11/h5,8-11,14,16H,1-4,6-7H2/t14-/m0/s1. The Morgan fingerprint density at radius 1 is 1.12 bits per heavy atom. The highest BCUT2D eigenvalue weighted by Crippen LogP contribution is 2.34. The van der Waals surface area contributed by atoms with Crippen LogP contribution < -0.4 is 0 Å². The molecule has 1 aromatic carbocycles. The molecule has 0 heterocycles. The third kappa shape index (κ3) is 3.08. The van der Waals surface area contributed by atoms with Crippen molar-refractivity contribution < 1.29 is 5.11 Å². The van der Waals surface area contributed by atoms with Crippen molar-refractivity contribution in [2.75, 3.05) is 0 Å². The molecule has 1 N–H and O–H groups in total. The Morgan fingerprint density at radius 3 is 2.44 bits per heavy atom. The molecule has 0 spiro atoms. The van der Waals surface area contributed by atoms with E-state index in [1.807, 2.05) is 24.3 Å². The van der Waals surface area contributed by atoms with Crippen molar-refractivity contribution in [3.05, 3.63) is 34.3 Å². The molecule has 1 fully saturated rings. The fourth-order valence-electron chi connectivity index (χ4n) is 2.59. The largest absolute Gasteiger partial charge is 0.388 e. The van der Waals surface area contributed by atoms with Gasteiger partial charge in [-0.1, -0.05) is 53.7 Å². The first-order valence-corrected chi connectivity index (χ1v) is 7.00. The lowest BCUT2D eigenvalue weighted by molar-refractivity contribution is 0.0987. The van der Waals surface area contributed by atoms with E-state index in [0.717, 1.165) is 10.0 Å². The van der Waals surface area contributed by atoms with E-state index in [-0.39, 0.29) is 6.10 Å². The van der Waals surface area contributed by atoms with Gasteiger partial charge in [-0.05, 0) is 36.5 Å². The summed E-state index contributed by atoms with van der Waals surface area (Å²) in [5.74, 6) is 0.455. The second-order valence-corrected chi connectivity index (χ2v) is 5.67. The van der Waals surface area contributed by atoms with Gasteiger partial charge in [-0.25, -0.2) is 0 Å². The van der Waals surface area contributed by atoms with Crippen molar-refractivity contribution in [2.45, 2.75) is 44.6 Å². The Hall–Kier alpha value is -0.340. The molecule has 0 bridgehead atoms. The van der Waals surface area contributed by atoms with Crippen LogP contribution in [0.2, 0.25) is 0 Å². The molecule has 1 aromatic rings. The summed E-state index contributed by atoms with van der Waals surface area (Å²) >= 11 is 3.46. The molecule has 0 unspecified atom stereocenters. The van der Waals surface area contributed by atoms with Crippen LogP contribution in [0.4, 0.5) is 0 Å². The Balaban J connectivity index is 2.07. The van der Waals surface area contributed by atoms with Crippen molar-refractivity contribution in [3.8, 4) is 0 Å². The summed E-state index contributed by atoms with van der Waals surface area (Å²) < 4.78 is 1.05. The van der Waals surface area contributed by atoms with Crippen molar-refractivity contribution in [2.24, 2.45) is 5.92 Å². The summed E-state index contributed by atoms with van der Waals surface area (Å²) in [6, 6.07) is 8.07. The van der Waals surface area contributed by atoms with Gasteiger partial charge in [-0.2, -0.15) is 0 Å². The van der Waals surface area contributed by atoms with Gasteiger partial charge in [-0.15, -0.1) is 0 Å². The average Bonchev–Trinajstić information content (AvgIpc) is 2.56. The summed E-state index contributed by atoms with van der Waals surface area (Å²) in [7, 11) is 0. The quantitative estimate of drug-likeness (QED) is 0.795. The normalized spacial score (nSPS) is 20.4. The maximum Gasteiger partial charge on any atom is 0.0818 e. The third-order valence-electron chi connectivity index (χ3n) is 3.54. The monoisotopic (exact) mass is 282 g/mol. The zero-order valence-electron chi connectivity index (χ0n) is 9.53. The number of halogens is 1. The first kappa shape index (κ1) is 12.1. The van der Waals surface area contributed by atoms with E-state index >= 15 is 0 Å². The molecule has 0 amide bonds. The number of hydrogen-bond acceptors (Lipinski definition) is 1. The number of benzene rings is 1. The second-order valence-electron chi connectivity index (χ2n) is 4.75. The van der Waals surface area contributed by atoms with E-state index in [4.69, 9.17) is 0 Å². The van der Waals surface area contributed by atoms with Gasteiger partial charge >= 0.3 is 0 Å². The van der Waals surface area contributed by atoms with E-state index in [1.165, 1.54) is 38.5 Å². The molecular weight excluding hydrogens is 264 g/mol. The Kier molecular flexibility index (Phi) is 4.42. The zero-order valence-corrected chi connectivity index (χ0v) is 11.1. The third-order valence-corrected chi connectivity index (χ3v) is 4.03. The molecule has 2 heteroatoms. The Labute approximate surface area is 106 Å². The average molecular weight is 283 g/mol. The molecule has 1 nitrogen and oxygen atoms in total. The fourth-order valence-corrected chi connectivity index (χ4v) is 3.01. The van der Waals surface area contributed by atoms with Gasteiger partial charge in [-0.3, -0.25) is 0 Å². The topological polar surface area (TPSA) is 20.2 Å². The van der Waals surface area contributed by atoms with Crippen LogP contribution in [0.3, 0.4) is 0 Å². The molecule has 0 aliphatic heterocycles. The Morgan fingerprint density at radius 2 is 1.81 bits per heavy atom. The molecule has 1 aliphatic rings. The van der Waals surface area contributed by atoms with Gasteiger partial charge in [0.2, 0.25) is 0 Å². The number of aliphatic hydroxyl groups is 1. The summed E-state index contributed by atoms with van der Waals surface area (Å²) in [6.45, 7) is 0. The predicted molar refractivity (Wildman–Crippen MR) is 70.3 cm³/mol. The molecule has 0 saturated heterocycles. The van der Waals surface area contributed by atoms with E-state index in [0.29, 0.717) is 5.92 Å². The number of hydrogen-bond donors (Lipinski definition) is 1. The van der Waals surface area contributed by atoms with Crippen molar-refractivity contribution >= 4 is 15.9 Å². The van der Waals surface area contributed by atoms with Crippen molar-refractivity contribution in [1.29, 1.82) is 0 Å². The molecule has 1 atom stereocenters. The number of rotatable bonds is 2. The van der Waals surface area contributed by atoms with Gasteiger partial charge in [0.05, 0.1) is 6.10 Å². The first-order chi connectivity index (χ1) is 7.77. The molecule has 0 radical (unpaired) electrons. The van der Waals surface area contributed by atoms with Crippen LogP contribution in [-0.4, -0.2) is 5.11 Å². The van der Waals surface area contributed by atoms with Crippen LogP contribution in [0.5, 0.6) is 0 Å². The summed E-state index contributed by atoms with van der Waals surface area (Å²) in [5.41, 5.74) is 1.06. The van der Waals surface area contributed by atoms with Crippen LogP contribution in [0.15, 0.2) is 28.7 Å². The molecule has 1 saturated carbocycles. The van der Waals surface area contributed by atoms with Gasteiger partial charge < -0.3 is 5.11 Å². The van der Waals surface area contributed by atoms with E-state index in [2.05, 4.69) is 15.9 Å². The zero-order chi connectivity index (χ0) is 11.4. The lowest BCUT2D eigenvalue weighted by atomic mass is 9.89. The predicted octanol–water partition coefficient (Wildman–Crippen LogP) is 4.45. The van der Waals surface area contributed by atoms with E-state index in [9.17, 15) is 5.11 Å². The maximum absolute atomic E-state index is 10.4. The second kappa shape index (κ2) is 5.83. The lowest BCUT2D eigenvalue weighted by Crippen LogP contribution is -2.11. The minimum absolute atomic E-state index is 0.282.